The van der Waals surface area contributed by atoms with Crippen molar-refractivity contribution in [3.8, 4) is 0 Å². The molecule has 2 N–H and O–H groups in total. The average Bonchev–Trinajstić information content (AvgIpc) is 2.73. The number of amides is 2. The van der Waals surface area contributed by atoms with Crippen LogP contribution in [-0.2, 0) is 9.59 Å². The summed E-state index contributed by atoms with van der Waals surface area (Å²) in [6.45, 7) is 4.97. The molecule has 0 aromatic carbocycles. The Morgan fingerprint density at radius 2 is 2.25 bits per heavy atom. The van der Waals surface area contributed by atoms with E-state index in [-0.39, 0.29) is 17.7 Å². The Hall–Kier alpha value is -1.06. The Balaban J connectivity index is 1.82. The lowest BCUT2D eigenvalue weighted by atomic mass is 9.92. The van der Waals surface area contributed by atoms with Gasteiger partial charge in [0.05, 0.1) is 5.92 Å². The quantitative estimate of drug-likeness (QED) is 0.729. The van der Waals surface area contributed by atoms with Crippen molar-refractivity contribution in [2.24, 2.45) is 11.3 Å². The van der Waals surface area contributed by atoms with Crippen LogP contribution >= 0.6 is 0 Å². The van der Waals surface area contributed by atoms with Crippen molar-refractivity contribution in [3.63, 3.8) is 0 Å². The molecule has 2 unspecified atom stereocenters. The summed E-state index contributed by atoms with van der Waals surface area (Å²) in [5, 5.41) is 5.76. The lowest BCUT2D eigenvalue weighted by molar-refractivity contribution is -0.127. The highest BCUT2D eigenvalue weighted by Gasteiger charge is 2.34. The van der Waals surface area contributed by atoms with Crippen molar-refractivity contribution in [2.45, 2.75) is 45.6 Å². The lowest BCUT2D eigenvalue weighted by Crippen LogP contribution is -2.38. The highest BCUT2D eigenvalue weighted by molar-refractivity contribution is 5.89. The highest BCUT2D eigenvalue weighted by atomic mass is 16.2. The van der Waals surface area contributed by atoms with Gasteiger partial charge in [-0.25, -0.2) is 0 Å². The summed E-state index contributed by atoms with van der Waals surface area (Å²) in [6, 6.07) is 0.304. The molecule has 16 heavy (non-hydrogen) atoms. The van der Waals surface area contributed by atoms with Gasteiger partial charge in [-0.2, -0.15) is 0 Å². The zero-order chi connectivity index (χ0) is 11.8. The summed E-state index contributed by atoms with van der Waals surface area (Å²) in [5.74, 6) is -0.121. The van der Waals surface area contributed by atoms with Crippen LogP contribution in [0.15, 0.2) is 0 Å². The zero-order valence-corrected chi connectivity index (χ0v) is 10.0. The van der Waals surface area contributed by atoms with Crippen molar-refractivity contribution in [1.29, 1.82) is 0 Å². The number of hydrogen-bond acceptors (Lipinski definition) is 2. The molecule has 0 aromatic heterocycles. The van der Waals surface area contributed by atoms with E-state index in [0.29, 0.717) is 24.4 Å². The monoisotopic (exact) mass is 224 g/mol. The van der Waals surface area contributed by atoms with Crippen LogP contribution < -0.4 is 10.6 Å². The normalized spacial score (nSPS) is 32.5. The van der Waals surface area contributed by atoms with Crippen molar-refractivity contribution >= 4 is 11.8 Å². The van der Waals surface area contributed by atoms with Gasteiger partial charge in [0.2, 0.25) is 11.8 Å². The summed E-state index contributed by atoms with van der Waals surface area (Å²) in [5.41, 5.74) is 0.349. The first kappa shape index (κ1) is 11.4. The fourth-order valence-electron chi connectivity index (χ4n) is 2.67. The van der Waals surface area contributed by atoms with E-state index in [4.69, 9.17) is 0 Å². The molecule has 1 aliphatic carbocycles. The van der Waals surface area contributed by atoms with E-state index in [1.165, 1.54) is 6.42 Å². The molecule has 0 radical (unpaired) electrons. The second-order valence-corrected chi connectivity index (χ2v) is 5.82. The van der Waals surface area contributed by atoms with Crippen molar-refractivity contribution in [3.05, 3.63) is 0 Å². The van der Waals surface area contributed by atoms with Gasteiger partial charge in [-0.15, -0.1) is 0 Å². The topological polar surface area (TPSA) is 58.2 Å². The van der Waals surface area contributed by atoms with Gasteiger partial charge in [0.15, 0.2) is 0 Å². The van der Waals surface area contributed by atoms with Crippen molar-refractivity contribution in [1.82, 2.24) is 10.6 Å². The second kappa shape index (κ2) is 4.07. The molecule has 1 aliphatic heterocycles. The number of nitrogens with one attached hydrogen (secondary N) is 2. The molecule has 4 heteroatoms. The maximum Gasteiger partial charge on any atom is 0.225 e. The minimum atomic E-state index is -0.156. The van der Waals surface area contributed by atoms with Crippen LogP contribution in [0.4, 0.5) is 0 Å². The third-order valence-electron chi connectivity index (χ3n) is 3.66. The van der Waals surface area contributed by atoms with Gasteiger partial charge < -0.3 is 10.6 Å². The van der Waals surface area contributed by atoms with Crippen molar-refractivity contribution < 1.29 is 9.59 Å². The zero-order valence-electron chi connectivity index (χ0n) is 10.0. The molecule has 0 aromatic rings. The van der Waals surface area contributed by atoms with E-state index in [2.05, 4.69) is 24.5 Å². The Morgan fingerprint density at radius 3 is 2.75 bits per heavy atom. The van der Waals surface area contributed by atoms with Crippen LogP contribution in [0, 0.1) is 11.3 Å². The third-order valence-corrected chi connectivity index (χ3v) is 3.66. The smallest absolute Gasteiger partial charge is 0.225 e. The van der Waals surface area contributed by atoms with E-state index in [1.54, 1.807) is 0 Å². The maximum atomic E-state index is 11.9. The first-order chi connectivity index (χ1) is 7.46. The number of carbonyl (C=O) groups excluding carboxylic acids is 2. The summed E-state index contributed by atoms with van der Waals surface area (Å²) in [6.07, 6.45) is 3.63. The van der Waals surface area contributed by atoms with Gasteiger partial charge in [-0.1, -0.05) is 13.8 Å². The first-order valence-corrected chi connectivity index (χ1v) is 6.03. The number of carbonyl (C=O) groups is 2. The molecule has 2 aliphatic rings. The van der Waals surface area contributed by atoms with E-state index < -0.39 is 0 Å². The lowest BCUT2D eigenvalue weighted by Gasteiger charge is -2.19. The summed E-state index contributed by atoms with van der Waals surface area (Å²) < 4.78 is 0. The molecule has 1 saturated carbocycles. The fraction of sp³-hybridized carbons (Fsp3) is 0.833. The third kappa shape index (κ3) is 2.54. The minimum Gasteiger partial charge on any atom is -0.355 e. The Morgan fingerprint density at radius 1 is 1.50 bits per heavy atom. The Kier molecular flexibility index (Phi) is 2.91. The Labute approximate surface area is 96.2 Å². The Bertz CT molecular complexity index is 312. The van der Waals surface area contributed by atoms with Gasteiger partial charge in [0.25, 0.3) is 0 Å². The molecular weight excluding hydrogens is 204 g/mol. The van der Waals surface area contributed by atoms with E-state index >= 15 is 0 Å². The van der Waals surface area contributed by atoms with Gasteiger partial charge >= 0.3 is 0 Å². The largest absolute Gasteiger partial charge is 0.355 e. The van der Waals surface area contributed by atoms with Crippen LogP contribution in [0.3, 0.4) is 0 Å². The molecule has 2 rings (SSSR count). The second-order valence-electron chi connectivity index (χ2n) is 5.82. The molecule has 1 saturated heterocycles. The van der Waals surface area contributed by atoms with Crippen LogP contribution in [0.1, 0.15) is 39.5 Å². The molecule has 2 fully saturated rings. The van der Waals surface area contributed by atoms with E-state index in [9.17, 15) is 9.59 Å². The molecule has 90 valence electrons. The molecular formula is C12H20N2O2. The molecule has 4 nitrogen and oxygen atoms in total. The first-order valence-electron chi connectivity index (χ1n) is 6.03. The molecule has 2 amide bonds. The number of hydrogen-bond donors (Lipinski definition) is 2. The van der Waals surface area contributed by atoms with Crippen LogP contribution in [0.2, 0.25) is 0 Å². The van der Waals surface area contributed by atoms with Gasteiger partial charge in [0, 0.05) is 19.0 Å². The van der Waals surface area contributed by atoms with Crippen LogP contribution in [0.5, 0.6) is 0 Å². The average molecular weight is 224 g/mol. The molecule has 2 atom stereocenters. The fourth-order valence-corrected chi connectivity index (χ4v) is 2.67. The minimum absolute atomic E-state index is 0.00750. The van der Waals surface area contributed by atoms with Crippen LogP contribution in [-0.4, -0.2) is 24.4 Å². The molecule has 0 bridgehead atoms. The standard InChI is InChI=1S/C12H20N2O2/c1-12(2)4-3-9(6-12)14-11(16)8-5-10(15)13-7-8/h8-9H,3-7H2,1-2H3,(H,13,15)(H,14,16). The van der Waals surface area contributed by atoms with E-state index in [1.807, 2.05) is 0 Å². The summed E-state index contributed by atoms with van der Waals surface area (Å²) in [4.78, 5) is 22.9. The maximum absolute atomic E-state index is 11.9. The predicted molar refractivity (Wildman–Crippen MR) is 60.7 cm³/mol. The highest BCUT2D eigenvalue weighted by Crippen LogP contribution is 2.37. The molecule has 0 spiro atoms. The predicted octanol–water partition coefficient (Wildman–Crippen LogP) is 0.817. The van der Waals surface area contributed by atoms with Gasteiger partial charge in [-0.3, -0.25) is 9.59 Å². The van der Waals surface area contributed by atoms with E-state index in [0.717, 1.165) is 12.8 Å². The van der Waals surface area contributed by atoms with Crippen molar-refractivity contribution in [2.75, 3.05) is 6.54 Å². The summed E-state index contributed by atoms with van der Waals surface area (Å²) >= 11 is 0. The number of rotatable bonds is 2. The molecule has 1 heterocycles. The summed E-state index contributed by atoms with van der Waals surface area (Å²) in [7, 11) is 0. The van der Waals surface area contributed by atoms with Gasteiger partial charge in [-0.05, 0) is 24.7 Å². The van der Waals surface area contributed by atoms with Crippen LogP contribution in [0.25, 0.3) is 0 Å². The SMILES string of the molecule is CC1(C)CCC(NC(=O)C2CNC(=O)C2)C1. The van der Waals surface area contributed by atoms with Gasteiger partial charge in [0.1, 0.15) is 0 Å².